The molecule has 0 bridgehead atoms. The summed E-state index contributed by atoms with van der Waals surface area (Å²) in [5, 5.41) is 5.77. The summed E-state index contributed by atoms with van der Waals surface area (Å²) in [6.45, 7) is 5.08. The van der Waals surface area contributed by atoms with Crippen LogP contribution in [0, 0.1) is 5.92 Å². The van der Waals surface area contributed by atoms with Gasteiger partial charge in [-0.15, -0.1) is 11.3 Å². The van der Waals surface area contributed by atoms with E-state index in [0.29, 0.717) is 6.54 Å². The van der Waals surface area contributed by atoms with E-state index in [-0.39, 0.29) is 11.9 Å². The van der Waals surface area contributed by atoms with Crippen molar-refractivity contribution in [3.63, 3.8) is 0 Å². The molecule has 1 amide bonds. The third-order valence-electron chi connectivity index (χ3n) is 4.71. The molecule has 1 aliphatic rings. The first kappa shape index (κ1) is 17.5. The van der Waals surface area contributed by atoms with Gasteiger partial charge in [-0.1, -0.05) is 36.7 Å². The fourth-order valence-electron chi connectivity index (χ4n) is 3.17. The minimum Gasteiger partial charge on any atom is -0.349 e. The molecule has 0 radical (unpaired) electrons. The van der Waals surface area contributed by atoms with Crippen LogP contribution in [0.5, 0.6) is 0 Å². The molecule has 1 aromatic heterocycles. The number of rotatable bonds is 5. The Hall–Kier alpha value is -1.36. The molecule has 1 atom stereocenters. The fraction of sp³-hybridized carbons (Fsp3) is 0.421. The number of thiophene rings is 1. The van der Waals surface area contributed by atoms with Gasteiger partial charge < -0.3 is 5.32 Å². The van der Waals surface area contributed by atoms with Gasteiger partial charge in [0.2, 0.25) is 0 Å². The van der Waals surface area contributed by atoms with Crippen LogP contribution in [0.4, 0.5) is 0 Å². The van der Waals surface area contributed by atoms with E-state index >= 15 is 0 Å². The summed E-state index contributed by atoms with van der Waals surface area (Å²) in [7, 11) is 0. The van der Waals surface area contributed by atoms with E-state index in [2.05, 4.69) is 29.3 Å². The van der Waals surface area contributed by atoms with Crippen LogP contribution in [0.15, 0.2) is 41.8 Å². The molecular formula is C19H23ClN2OS. The zero-order valence-corrected chi connectivity index (χ0v) is 15.4. The van der Waals surface area contributed by atoms with Crippen molar-refractivity contribution in [2.45, 2.75) is 25.8 Å². The van der Waals surface area contributed by atoms with Gasteiger partial charge in [0.05, 0.1) is 10.9 Å². The van der Waals surface area contributed by atoms with Gasteiger partial charge in [0.1, 0.15) is 0 Å². The monoisotopic (exact) mass is 362 g/mol. The zero-order chi connectivity index (χ0) is 16.9. The predicted octanol–water partition coefficient (Wildman–Crippen LogP) is 4.60. The Morgan fingerprint density at radius 2 is 2.00 bits per heavy atom. The highest BCUT2D eigenvalue weighted by molar-refractivity contribution is 7.12. The maximum atomic E-state index is 12.3. The molecule has 128 valence electrons. The number of hydrogen-bond donors (Lipinski definition) is 1. The normalized spacial score (nSPS) is 17.6. The van der Waals surface area contributed by atoms with Crippen LogP contribution in [0.25, 0.3) is 0 Å². The SMILES string of the molecule is CC1CCN(C(CNC(=O)c2cccs2)c2ccc(Cl)cc2)CC1. The van der Waals surface area contributed by atoms with Gasteiger partial charge in [-0.3, -0.25) is 9.69 Å². The second kappa shape index (κ2) is 8.15. The third kappa shape index (κ3) is 4.38. The van der Waals surface area contributed by atoms with Crippen LogP contribution in [0.1, 0.15) is 41.0 Å². The van der Waals surface area contributed by atoms with Crippen molar-refractivity contribution in [1.82, 2.24) is 10.2 Å². The van der Waals surface area contributed by atoms with E-state index in [0.717, 1.165) is 28.9 Å². The molecule has 1 aromatic carbocycles. The number of nitrogens with zero attached hydrogens (tertiary/aromatic N) is 1. The minimum absolute atomic E-state index is 0.00865. The summed E-state index contributed by atoms with van der Waals surface area (Å²) in [5.74, 6) is 0.794. The largest absolute Gasteiger partial charge is 0.349 e. The number of piperidine rings is 1. The summed E-state index contributed by atoms with van der Waals surface area (Å²) in [5.41, 5.74) is 1.21. The average molecular weight is 363 g/mol. The highest BCUT2D eigenvalue weighted by atomic mass is 35.5. The molecule has 24 heavy (non-hydrogen) atoms. The molecule has 0 saturated carbocycles. The van der Waals surface area contributed by atoms with E-state index in [1.165, 1.54) is 29.7 Å². The van der Waals surface area contributed by atoms with Crippen LogP contribution >= 0.6 is 22.9 Å². The summed E-state index contributed by atoms with van der Waals surface area (Å²) in [6.07, 6.45) is 2.42. The Bertz CT molecular complexity index is 649. The van der Waals surface area contributed by atoms with E-state index in [4.69, 9.17) is 11.6 Å². The average Bonchev–Trinajstić information content (AvgIpc) is 3.12. The molecule has 5 heteroatoms. The first-order chi connectivity index (χ1) is 11.6. The van der Waals surface area contributed by atoms with Crippen molar-refractivity contribution >= 4 is 28.8 Å². The lowest BCUT2D eigenvalue weighted by Crippen LogP contribution is -2.41. The zero-order valence-electron chi connectivity index (χ0n) is 13.9. The molecule has 1 unspecified atom stereocenters. The molecule has 3 rings (SSSR count). The third-order valence-corrected chi connectivity index (χ3v) is 5.84. The van der Waals surface area contributed by atoms with Crippen LogP contribution in [0.2, 0.25) is 5.02 Å². The van der Waals surface area contributed by atoms with Crippen molar-refractivity contribution in [2.75, 3.05) is 19.6 Å². The van der Waals surface area contributed by atoms with Crippen LogP contribution in [0.3, 0.4) is 0 Å². The number of halogens is 1. The number of hydrogen-bond acceptors (Lipinski definition) is 3. The highest BCUT2D eigenvalue weighted by Gasteiger charge is 2.25. The highest BCUT2D eigenvalue weighted by Crippen LogP contribution is 2.27. The molecular weight excluding hydrogens is 340 g/mol. The predicted molar refractivity (Wildman–Crippen MR) is 101 cm³/mol. The molecule has 1 fully saturated rings. The van der Waals surface area contributed by atoms with Gasteiger partial charge in [-0.2, -0.15) is 0 Å². The molecule has 2 heterocycles. The number of amides is 1. The van der Waals surface area contributed by atoms with Crippen LogP contribution in [-0.4, -0.2) is 30.4 Å². The number of benzene rings is 1. The molecule has 1 saturated heterocycles. The van der Waals surface area contributed by atoms with Gasteiger partial charge in [-0.25, -0.2) is 0 Å². The van der Waals surface area contributed by atoms with Crippen molar-refractivity contribution in [2.24, 2.45) is 5.92 Å². The van der Waals surface area contributed by atoms with Gasteiger partial charge in [0, 0.05) is 11.6 Å². The summed E-state index contributed by atoms with van der Waals surface area (Å²) < 4.78 is 0. The van der Waals surface area contributed by atoms with Crippen molar-refractivity contribution in [3.05, 3.63) is 57.2 Å². The maximum absolute atomic E-state index is 12.3. The molecule has 0 spiro atoms. The molecule has 3 nitrogen and oxygen atoms in total. The molecule has 0 aliphatic carbocycles. The van der Waals surface area contributed by atoms with Gasteiger partial charge >= 0.3 is 0 Å². The molecule has 2 aromatic rings. The van der Waals surface area contributed by atoms with E-state index < -0.39 is 0 Å². The van der Waals surface area contributed by atoms with E-state index in [9.17, 15) is 4.79 Å². The van der Waals surface area contributed by atoms with Crippen molar-refractivity contribution < 1.29 is 4.79 Å². The maximum Gasteiger partial charge on any atom is 0.261 e. The van der Waals surface area contributed by atoms with Gasteiger partial charge in [0.25, 0.3) is 5.91 Å². The molecule has 1 aliphatic heterocycles. The van der Waals surface area contributed by atoms with E-state index in [1.807, 2.05) is 29.6 Å². The number of nitrogens with one attached hydrogen (secondary N) is 1. The Balaban J connectivity index is 1.71. The van der Waals surface area contributed by atoms with Crippen molar-refractivity contribution in [1.29, 1.82) is 0 Å². The topological polar surface area (TPSA) is 32.3 Å². The van der Waals surface area contributed by atoms with Crippen molar-refractivity contribution in [3.8, 4) is 0 Å². The first-order valence-corrected chi connectivity index (χ1v) is 9.70. The summed E-state index contributed by atoms with van der Waals surface area (Å²) in [6, 6.07) is 12.0. The molecule has 1 N–H and O–H groups in total. The summed E-state index contributed by atoms with van der Waals surface area (Å²) >= 11 is 7.51. The first-order valence-electron chi connectivity index (χ1n) is 8.44. The standard InChI is InChI=1S/C19H23ClN2OS/c1-14-8-10-22(11-9-14)17(15-4-6-16(20)7-5-15)13-21-19(23)18-3-2-12-24-18/h2-7,12,14,17H,8-11,13H2,1H3,(H,21,23). The fourth-order valence-corrected chi connectivity index (χ4v) is 3.93. The lowest BCUT2D eigenvalue weighted by atomic mass is 9.95. The minimum atomic E-state index is 0.00865. The Labute approximate surface area is 152 Å². The Kier molecular flexibility index (Phi) is 5.93. The Morgan fingerprint density at radius 3 is 2.62 bits per heavy atom. The number of carbonyl (C=O) groups is 1. The summed E-state index contributed by atoms with van der Waals surface area (Å²) in [4.78, 5) is 15.5. The second-order valence-electron chi connectivity index (χ2n) is 6.47. The quantitative estimate of drug-likeness (QED) is 0.842. The lowest BCUT2D eigenvalue weighted by Gasteiger charge is -2.37. The van der Waals surface area contributed by atoms with Gasteiger partial charge in [0.15, 0.2) is 0 Å². The number of carbonyl (C=O) groups excluding carboxylic acids is 1. The smallest absolute Gasteiger partial charge is 0.261 e. The van der Waals surface area contributed by atoms with E-state index in [1.54, 1.807) is 0 Å². The number of likely N-dealkylation sites (tertiary alicyclic amines) is 1. The second-order valence-corrected chi connectivity index (χ2v) is 7.86. The van der Waals surface area contributed by atoms with Crippen LogP contribution in [-0.2, 0) is 0 Å². The Morgan fingerprint density at radius 1 is 1.29 bits per heavy atom. The van der Waals surface area contributed by atoms with Gasteiger partial charge in [-0.05, 0) is 61.0 Å². The van der Waals surface area contributed by atoms with Crippen LogP contribution < -0.4 is 5.32 Å². The lowest BCUT2D eigenvalue weighted by molar-refractivity contribution is 0.0917.